The van der Waals surface area contributed by atoms with Crippen molar-refractivity contribution < 1.29 is 9.90 Å². The SMILES string of the molecule is CCCCn1cc(-c2ccc(CCC(=O)O)cc2C)cn1. The molecule has 0 amide bonds. The van der Waals surface area contributed by atoms with Crippen molar-refractivity contribution in [2.75, 3.05) is 0 Å². The van der Waals surface area contributed by atoms with Gasteiger partial charge in [-0.15, -0.1) is 0 Å². The van der Waals surface area contributed by atoms with Crippen LogP contribution in [0.4, 0.5) is 0 Å². The van der Waals surface area contributed by atoms with Gasteiger partial charge in [0.1, 0.15) is 0 Å². The van der Waals surface area contributed by atoms with Gasteiger partial charge in [0.25, 0.3) is 0 Å². The molecule has 0 saturated heterocycles. The Labute approximate surface area is 125 Å². The number of hydrogen-bond donors (Lipinski definition) is 1. The van der Waals surface area contributed by atoms with Gasteiger partial charge in [-0.3, -0.25) is 9.48 Å². The molecule has 0 unspecified atom stereocenters. The second-order valence-electron chi connectivity index (χ2n) is 5.39. The largest absolute Gasteiger partial charge is 0.481 e. The molecule has 0 atom stereocenters. The number of carboxylic acid groups (broad SMARTS) is 1. The first-order valence-corrected chi connectivity index (χ1v) is 7.44. The van der Waals surface area contributed by atoms with Gasteiger partial charge in [0.15, 0.2) is 0 Å². The Kier molecular flexibility index (Phi) is 5.14. The molecular weight excluding hydrogens is 264 g/mol. The Balaban J connectivity index is 2.12. The molecule has 4 nitrogen and oxygen atoms in total. The summed E-state index contributed by atoms with van der Waals surface area (Å²) in [4.78, 5) is 10.6. The summed E-state index contributed by atoms with van der Waals surface area (Å²) in [6, 6.07) is 6.14. The maximum Gasteiger partial charge on any atom is 0.303 e. The van der Waals surface area contributed by atoms with Gasteiger partial charge in [-0.25, -0.2) is 0 Å². The predicted molar refractivity (Wildman–Crippen MR) is 83.3 cm³/mol. The van der Waals surface area contributed by atoms with E-state index >= 15 is 0 Å². The van der Waals surface area contributed by atoms with Crippen LogP contribution in [0.25, 0.3) is 11.1 Å². The van der Waals surface area contributed by atoms with Crippen LogP contribution in [-0.4, -0.2) is 20.9 Å². The van der Waals surface area contributed by atoms with Crippen LogP contribution in [0, 0.1) is 6.92 Å². The molecule has 0 aliphatic rings. The third-order valence-electron chi connectivity index (χ3n) is 3.60. The molecule has 2 aromatic rings. The van der Waals surface area contributed by atoms with Gasteiger partial charge in [0, 0.05) is 24.7 Å². The molecule has 1 heterocycles. The minimum absolute atomic E-state index is 0.174. The highest BCUT2D eigenvalue weighted by Gasteiger charge is 2.07. The van der Waals surface area contributed by atoms with Crippen molar-refractivity contribution in [2.45, 2.75) is 46.1 Å². The van der Waals surface area contributed by atoms with Crippen LogP contribution in [0.15, 0.2) is 30.6 Å². The van der Waals surface area contributed by atoms with Crippen LogP contribution >= 0.6 is 0 Å². The second-order valence-corrected chi connectivity index (χ2v) is 5.39. The first kappa shape index (κ1) is 15.3. The lowest BCUT2D eigenvalue weighted by molar-refractivity contribution is -0.136. The summed E-state index contributed by atoms with van der Waals surface area (Å²) in [5, 5.41) is 13.1. The van der Waals surface area contributed by atoms with Gasteiger partial charge < -0.3 is 5.11 Å². The first-order valence-electron chi connectivity index (χ1n) is 7.44. The lowest BCUT2D eigenvalue weighted by Gasteiger charge is -2.06. The van der Waals surface area contributed by atoms with E-state index in [2.05, 4.69) is 37.3 Å². The Morgan fingerprint density at radius 1 is 1.38 bits per heavy atom. The summed E-state index contributed by atoms with van der Waals surface area (Å²) in [5.41, 5.74) is 4.51. The van der Waals surface area contributed by atoms with Crippen molar-refractivity contribution in [2.24, 2.45) is 0 Å². The number of hydrogen-bond acceptors (Lipinski definition) is 2. The van der Waals surface area contributed by atoms with E-state index in [1.807, 2.05) is 16.9 Å². The fourth-order valence-electron chi connectivity index (χ4n) is 2.40. The number of rotatable bonds is 7. The number of aliphatic carboxylic acids is 1. The smallest absolute Gasteiger partial charge is 0.303 e. The van der Waals surface area contributed by atoms with Crippen molar-refractivity contribution >= 4 is 5.97 Å². The van der Waals surface area contributed by atoms with E-state index < -0.39 is 5.97 Å². The lowest BCUT2D eigenvalue weighted by Crippen LogP contribution is -1.98. The predicted octanol–water partition coefficient (Wildman–Crippen LogP) is 3.68. The van der Waals surface area contributed by atoms with Crippen LogP contribution in [-0.2, 0) is 17.8 Å². The summed E-state index contributed by atoms with van der Waals surface area (Å²) in [6.07, 6.45) is 7.02. The number of unbranched alkanes of at least 4 members (excludes halogenated alkanes) is 1. The van der Waals surface area contributed by atoms with Gasteiger partial charge in [-0.05, 0) is 36.5 Å². The van der Waals surface area contributed by atoms with Crippen LogP contribution in [0.3, 0.4) is 0 Å². The average Bonchev–Trinajstić information content (AvgIpc) is 2.91. The maximum atomic E-state index is 10.6. The van der Waals surface area contributed by atoms with Crippen LogP contribution < -0.4 is 0 Å². The molecule has 2 rings (SSSR count). The molecule has 1 aromatic heterocycles. The molecule has 1 aromatic carbocycles. The number of aromatic nitrogens is 2. The third kappa shape index (κ3) is 4.18. The molecule has 0 fully saturated rings. The van der Waals surface area contributed by atoms with E-state index in [0.717, 1.165) is 41.6 Å². The maximum absolute atomic E-state index is 10.6. The highest BCUT2D eigenvalue weighted by molar-refractivity contribution is 5.68. The number of carboxylic acids is 1. The van der Waals surface area contributed by atoms with E-state index in [-0.39, 0.29) is 6.42 Å². The topological polar surface area (TPSA) is 55.1 Å². The van der Waals surface area contributed by atoms with Gasteiger partial charge >= 0.3 is 5.97 Å². The molecule has 0 radical (unpaired) electrons. The van der Waals surface area contributed by atoms with E-state index in [9.17, 15) is 4.79 Å². The zero-order valence-electron chi connectivity index (χ0n) is 12.7. The van der Waals surface area contributed by atoms with Crippen LogP contribution in [0.2, 0.25) is 0 Å². The van der Waals surface area contributed by atoms with E-state index in [1.165, 1.54) is 0 Å². The van der Waals surface area contributed by atoms with Gasteiger partial charge in [0.05, 0.1) is 6.20 Å². The standard InChI is InChI=1S/C17H22N2O2/c1-3-4-9-19-12-15(11-18-19)16-7-5-14(10-13(16)2)6-8-17(20)21/h5,7,10-12H,3-4,6,8-9H2,1-2H3,(H,20,21). The summed E-state index contributed by atoms with van der Waals surface area (Å²) in [6.45, 7) is 5.18. The van der Waals surface area contributed by atoms with Crippen molar-refractivity contribution in [1.29, 1.82) is 0 Å². The molecule has 0 aliphatic heterocycles. The molecule has 21 heavy (non-hydrogen) atoms. The van der Waals surface area contributed by atoms with Gasteiger partial charge in [-0.1, -0.05) is 31.5 Å². The number of carbonyl (C=O) groups is 1. The van der Waals surface area contributed by atoms with Crippen molar-refractivity contribution in [1.82, 2.24) is 9.78 Å². The molecule has 0 aliphatic carbocycles. The molecule has 112 valence electrons. The second kappa shape index (κ2) is 7.07. The molecule has 4 heteroatoms. The van der Waals surface area contributed by atoms with Crippen LogP contribution in [0.5, 0.6) is 0 Å². The summed E-state index contributed by atoms with van der Waals surface area (Å²) >= 11 is 0. The number of benzene rings is 1. The highest BCUT2D eigenvalue weighted by atomic mass is 16.4. The van der Waals surface area contributed by atoms with Crippen molar-refractivity contribution in [3.05, 3.63) is 41.7 Å². The Hall–Kier alpha value is -2.10. The highest BCUT2D eigenvalue weighted by Crippen LogP contribution is 2.24. The van der Waals surface area contributed by atoms with Crippen molar-refractivity contribution in [3.63, 3.8) is 0 Å². The normalized spacial score (nSPS) is 10.8. The Bertz CT molecular complexity index is 617. The zero-order chi connectivity index (χ0) is 15.2. The number of nitrogens with zero attached hydrogens (tertiary/aromatic N) is 2. The Morgan fingerprint density at radius 2 is 2.19 bits per heavy atom. The average molecular weight is 286 g/mol. The summed E-state index contributed by atoms with van der Waals surface area (Å²) in [7, 11) is 0. The molecule has 0 saturated carbocycles. The molecule has 0 spiro atoms. The molecule has 1 N–H and O–H groups in total. The quantitative estimate of drug-likeness (QED) is 0.844. The van der Waals surface area contributed by atoms with E-state index in [4.69, 9.17) is 5.11 Å². The monoisotopic (exact) mass is 286 g/mol. The van der Waals surface area contributed by atoms with E-state index in [1.54, 1.807) is 0 Å². The fraction of sp³-hybridized carbons (Fsp3) is 0.412. The lowest BCUT2D eigenvalue weighted by atomic mass is 9.99. The van der Waals surface area contributed by atoms with Gasteiger partial charge in [0.2, 0.25) is 0 Å². The minimum Gasteiger partial charge on any atom is -0.481 e. The third-order valence-corrected chi connectivity index (χ3v) is 3.60. The summed E-state index contributed by atoms with van der Waals surface area (Å²) < 4.78 is 1.98. The molecular formula is C17H22N2O2. The summed E-state index contributed by atoms with van der Waals surface area (Å²) in [5.74, 6) is -0.756. The first-order chi connectivity index (χ1) is 10.1. The fourth-order valence-corrected chi connectivity index (χ4v) is 2.40. The van der Waals surface area contributed by atoms with Crippen LogP contribution in [0.1, 0.15) is 37.3 Å². The zero-order valence-corrected chi connectivity index (χ0v) is 12.7. The Morgan fingerprint density at radius 3 is 2.86 bits per heavy atom. The number of aryl methyl sites for hydroxylation is 3. The van der Waals surface area contributed by atoms with Gasteiger partial charge in [-0.2, -0.15) is 5.10 Å². The molecule has 0 bridgehead atoms. The van der Waals surface area contributed by atoms with Crippen molar-refractivity contribution in [3.8, 4) is 11.1 Å². The minimum atomic E-state index is -0.756. The van der Waals surface area contributed by atoms with E-state index in [0.29, 0.717) is 6.42 Å².